The first-order chi connectivity index (χ1) is 13.6. The molecule has 0 bridgehead atoms. The van der Waals surface area contributed by atoms with Crippen LogP contribution in [0.5, 0.6) is 0 Å². The molecule has 3 rings (SSSR count). The Morgan fingerprint density at radius 3 is 2.52 bits per heavy atom. The third-order valence-corrected chi connectivity index (χ3v) is 7.12. The Labute approximate surface area is 176 Å². The van der Waals surface area contributed by atoms with Gasteiger partial charge in [-0.1, -0.05) is 65.0 Å². The van der Waals surface area contributed by atoms with Gasteiger partial charge in [-0.25, -0.2) is 9.78 Å². The molecule has 0 unspecified atom stereocenters. The van der Waals surface area contributed by atoms with Crippen LogP contribution in [0.4, 0.5) is 4.79 Å². The summed E-state index contributed by atoms with van der Waals surface area (Å²) in [5.74, 6) is 0.247. The molecule has 1 aliphatic heterocycles. The Morgan fingerprint density at radius 2 is 1.97 bits per heavy atom. The van der Waals surface area contributed by atoms with Gasteiger partial charge in [-0.2, -0.15) is 0 Å². The number of carbonyl (C=O) groups excluding carboxylic acids is 1. The Bertz CT molecular complexity index is 818. The van der Waals surface area contributed by atoms with Gasteiger partial charge in [0.2, 0.25) is 0 Å². The van der Waals surface area contributed by atoms with Crippen molar-refractivity contribution in [3.63, 3.8) is 0 Å². The molecule has 0 radical (unpaired) electrons. The summed E-state index contributed by atoms with van der Waals surface area (Å²) in [5.41, 5.74) is -0.0777. The SMILES string of the molecule is CC(C)(C)[C@H]1CN(C(=O)OCc2ccccc2)[C@](Cn2ccnc2)(O[SiH3])C1(C)C. The summed E-state index contributed by atoms with van der Waals surface area (Å²) in [5, 5.41) is 0. The number of amides is 1. The van der Waals surface area contributed by atoms with E-state index in [2.05, 4.69) is 39.6 Å². The van der Waals surface area contributed by atoms with Crippen LogP contribution in [0, 0.1) is 16.7 Å². The number of ether oxygens (including phenoxy) is 1. The largest absolute Gasteiger partial charge is 0.444 e. The van der Waals surface area contributed by atoms with E-state index in [1.54, 1.807) is 12.5 Å². The quantitative estimate of drug-likeness (QED) is 0.704. The maximum Gasteiger partial charge on any atom is 0.412 e. The van der Waals surface area contributed by atoms with Crippen LogP contribution in [-0.2, 0) is 22.3 Å². The summed E-state index contributed by atoms with van der Waals surface area (Å²) in [6.07, 6.45) is 5.11. The lowest BCUT2D eigenvalue weighted by Crippen LogP contribution is -2.59. The molecule has 1 aromatic heterocycles. The Balaban J connectivity index is 1.93. The summed E-state index contributed by atoms with van der Waals surface area (Å²) in [4.78, 5) is 19.3. The van der Waals surface area contributed by atoms with E-state index in [1.165, 1.54) is 0 Å². The molecule has 0 spiro atoms. The van der Waals surface area contributed by atoms with Gasteiger partial charge in [-0.15, -0.1) is 0 Å². The van der Waals surface area contributed by atoms with Gasteiger partial charge in [0.15, 0.2) is 5.72 Å². The highest BCUT2D eigenvalue weighted by atomic mass is 28.2. The Hall–Kier alpha value is -2.12. The molecule has 0 N–H and O–H groups in total. The first-order valence-corrected chi connectivity index (χ1v) is 10.9. The van der Waals surface area contributed by atoms with E-state index in [4.69, 9.17) is 9.16 Å². The molecule has 29 heavy (non-hydrogen) atoms. The van der Waals surface area contributed by atoms with Crippen LogP contribution in [0.25, 0.3) is 0 Å². The molecular formula is C22H33N3O3Si. The van der Waals surface area contributed by atoms with Crippen LogP contribution < -0.4 is 0 Å². The van der Waals surface area contributed by atoms with Crippen molar-refractivity contribution in [1.29, 1.82) is 0 Å². The molecule has 0 saturated carbocycles. The van der Waals surface area contributed by atoms with Gasteiger partial charge >= 0.3 is 6.09 Å². The predicted octanol–water partition coefficient (Wildman–Crippen LogP) is 3.22. The number of rotatable bonds is 5. The fourth-order valence-electron chi connectivity index (χ4n) is 4.91. The van der Waals surface area contributed by atoms with Gasteiger partial charge in [0.25, 0.3) is 0 Å². The van der Waals surface area contributed by atoms with E-state index in [9.17, 15) is 4.79 Å². The fraction of sp³-hybridized carbons (Fsp3) is 0.545. The van der Waals surface area contributed by atoms with Crippen molar-refractivity contribution in [3.8, 4) is 0 Å². The van der Waals surface area contributed by atoms with Gasteiger partial charge in [-0.3, -0.25) is 4.90 Å². The van der Waals surface area contributed by atoms with E-state index >= 15 is 0 Å². The Morgan fingerprint density at radius 1 is 1.28 bits per heavy atom. The highest BCUT2D eigenvalue weighted by molar-refractivity contribution is 5.98. The van der Waals surface area contributed by atoms with Crippen LogP contribution in [0.3, 0.4) is 0 Å². The van der Waals surface area contributed by atoms with Crippen molar-refractivity contribution >= 4 is 16.6 Å². The third kappa shape index (κ3) is 3.98. The summed E-state index contributed by atoms with van der Waals surface area (Å²) in [7, 11) is 0.505. The van der Waals surface area contributed by atoms with Gasteiger partial charge in [0.05, 0.1) is 12.9 Å². The number of hydrogen-bond donors (Lipinski definition) is 0. The van der Waals surface area contributed by atoms with Crippen LogP contribution >= 0.6 is 0 Å². The molecule has 1 amide bonds. The van der Waals surface area contributed by atoms with Crippen molar-refractivity contribution in [2.45, 2.75) is 53.5 Å². The average molecular weight is 416 g/mol. The predicted molar refractivity (Wildman–Crippen MR) is 116 cm³/mol. The number of benzene rings is 1. The van der Waals surface area contributed by atoms with Crippen molar-refractivity contribution < 1.29 is 14.0 Å². The van der Waals surface area contributed by atoms with Crippen LogP contribution in [0.2, 0.25) is 0 Å². The maximum atomic E-state index is 13.3. The number of carbonyl (C=O) groups is 1. The molecule has 2 aromatic rings. The second kappa shape index (κ2) is 7.95. The summed E-state index contributed by atoms with van der Waals surface area (Å²) < 4.78 is 14.0. The maximum absolute atomic E-state index is 13.3. The molecule has 1 saturated heterocycles. The molecule has 7 heteroatoms. The van der Waals surface area contributed by atoms with Crippen molar-refractivity contribution in [2.24, 2.45) is 16.7 Å². The minimum absolute atomic E-state index is 0.0121. The summed E-state index contributed by atoms with van der Waals surface area (Å²) in [6.45, 7) is 12.5. The van der Waals surface area contributed by atoms with Crippen LogP contribution in [0.1, 0.15) is 40.2 Å². The molecule has 1 aliphatic rings. The van der Waals surface area contributed by atoms with Crippen molar-refractivity contribution in [1.82, 2.24) is 14.5 Å². The van der Waals surface area contributed by atoms with E-state index in [0.29, 0.717) is 23.6 Å². The molecule has 1 aromatic carbocycles. The minimum atomic E-state index is -0.786. The fourth-order valence-corrected chi connectivity index (χ4v) is 5.78. The molecule has 2 heterocycles. The summed E-state index contributed by atoms with van der Waals surface area (Å²) >= 11 is 0. The highest BCUT2D eigenvalue weighted by Crippen LogP contribution is 2.56. The molecule has 2 atom stereocenters. The Kier molecular flexibility index (Phi) is 5.92. The first-order valence-electron chi connectivity index (χ1n) is 10.1. The molecule has 6 nitrogen and oxygen atoms in total. The number of aromatic nitrogens is 2. The lowest BCUT2D eigenvalue weighted by atomic mass is 9.64. The number of likely N-dealkylation sites (tertiary alicyclic amines) is 1. The first kappa shape index (κ1) is 21.6. The van der Waals surface area contributed by atoms with E-state index in [1.807, 2.05) is 46.0 Å². The van der Waals surface area contributed by atoms with E-state index < -0.39 is 5.72 Å². The second-order valence-corrected chi connectivity index (χ2v) is 9.92. The van der Waals surface area contributed by atoms with Gasteiger partial charge in [0, 0.05) is 24.4 Å². The minimum Gasteiger partial charge on any atom is -0.444 e. The number of hydrogen-bond acceptors (Lipinski definition) is 4. The van der Waals surface area contributed by atoms with Crippen molar-refractivity contribution in [3.05, 3.63) is 54.6 Å². The zero-order valence-corrected chi connectivity index (χ0v) is 20.4. The average Bonchev–Trinajstić information content (AvgIpc) is 3.25. The van der Waals surface area contributed by atoms with Gasteiger partial charge in [-0.05, 0) is 16.9 Å². The monoisotopic (exact) mass is 415 g/mol. The van der Waals surface area contributed by atoms with E-state index in [-0.39, 0.29) is 29.4 Å². The highest BCUT2D eigenvalue weighted by Gasteiger charge is 2.64. The number of nitrogens with zero attached hydrogens (tertiary/aromatic N) is 3. The van der Waals surface area contributed by atoms with Gasteiger partial charge in [0.1, 0.15) is 17.1 Å². The van der Waals surface area contributed by atoms with Crippen LogP contribution in [-0.4, -0.2) is 43.3 Å². The zero-order chi connectivity index (χ0) is 21.3. The van der Waals surface area contributed by atoms with Crippen molar-refractivity contribution in [2.75, 3.05) is 6.54 Å². The molecule has 0 aliphatic carbocycles. The standard InChI is InChI=1S/C22H33N3O3Si/c1-20(2,3)18-13-25(19(26)27-14-17-9-7-6-8-10-17)22(28-29,21(18,4)5)15-24-12-11-23-16-24/h6-12,16,18H,13-15H2,1-5,29H3/t18-,22-/m1/s1. The smallest absolute Gasteiger partial charge is 0.412 e. The second-order valence-electron chi connectivity index (χ2n) is 9.51. The zero-order valence-electron chi connectivity index (χ0n) is 18.4. The summed E-state index contributed by atoms with van der Waals surface area (Å²) in [6, 6.07) is 9.76. The topological polar surface area (TPSA) is 56.6 Å². The third-order valence-electron chi connectivity index (χ3n) is 6.44. The molecular weight excluding hydrogens is 382 g/mol. The lowest BCUT2D eigenvalue weighted by molar-refractivity contribution is -0.129. The molecule has 158 valence electrons. The van der Waals surface area contributed by atoms with Crippen LogP contribution in [0.15, 0.2) is 49.1 Å². The molecule has 1 fully saturated rings. The normalized spacial score (nSPS) is 24.0. The lowest BCUT2D eigenvalue weighted by Gasteiger charge is -2.48. The number of imidazole rings is 1. The van der Waals surface area contributed by atoms with E-state index in [0.717, 1.165) is 5.56 Å². The van der Waals surface area contributed by atoms with Gasteiger partial charge < -0.3 is 13.7 Å².